The van der Waals surface area contributed by atoms with Gasteiger partial charge in [0.25, 0.3) is 5.56 Å². The minimum absolute atomic E-state index is 0.0272. The Morgan fingerprint density at radius 2 is 1.96 bits per heavy atom. The number of hydrogen-bond acceptors (Lipinski definition) is 4. The van der Waals surface area contributed by atoms with Crippen LogP contribution in [0.25, 0.3) is 11.4 Å². The van der Waals surface area contributed by atoms with E-state index < -0.39 is 0 Å². The average molecular weight is 346 g/mol. The number of benzene rings is 1. The molecule has 0 bridgehead atoms. The van der Waals surface area contributed by atoms with Crippen LogP contribution in [0.15, 0.2) is 47.5 Å². The maximum Gasteiger partial charge on any atom is 0.254 e. The van der Waals surface area contributed by atoms with Crippen LogP contribution in [0.4, 0.5) is 0 Å². The van der Waals surface area contributed by atoms with E-state index in [0.29, 0.717) is 12.4 Å². The lowest BCUT2D eigenvalue weighted by Gasteiger charge is -2.28. The molecule has 1 aromatic carbocycles. The molecule has 0 spiro atoms. The van der Waals surface area contributed by atoms with Gasteiger partial charge in [-0.1, -0.05) is 18.2 Å². The Bertz CT molecular complexity index is 974. The molecule has 0 radical (unpaired) electrons. The quantitative estimate of drug-likeness (QED) is 0.792. The fourth-order valence-corrected chi connectivity index (χ4v) is 3.59. The van der Waals surface area contributed by atoms with Crippen molar-refractivity contribution in [2.45, 2.75) is 33.4 Å². The van der Waals surface area contributed by atoms with Crippen LogP contribution in [0.5, 0.6) is 0 Å². The summed E-state index contributed by atoms with van der Waals surface area (Å²) in [4.78, 5) is 26.6. The largest absolute Gasteiger partial charge is 0.306 e. The van der Waals surface area contributed by atoms with E-state index in [9.17, 15) is 4.79 Å². The number of nitrogens with zero attached hydrogens (tertiary/aromatic N) is 3. The molecule has 1 aliphatic rings. The zero-order valence-electron chi connectivity index (χ0n) is 15.1. The van der Waals surface area contributed by atoms with Gasteiger partial charge < -0.3 is 4.98 Å². The SMILES string of the molecule is Cc1cccc(C)c1CN1CCc2c(nc(-c3cccnc3)[nH]c2=O)C1. The summed E-state index contributed by atoms with van der Waals surface area (Å²) in [5.41, 5.74) is 6.49. The van der Waals surface area contributed by atoms with Crippen LogP contribution in [0.3, 0.4) is 0 Å². The van der Waals surface area contributed by atoms with E-state index in [1.165, 1.54) is 16.7 Å². The Morgan fingerprint density at radius 1 is 1.15 bits per heavy atom. The van der Waals surface area contributed by atoms with E-state index in [1.54, 1.807) is 12.4 Å². The van der Waals surface area contributed by atoms with Crippen molar-refractivity contribution < 1.29 is 0 Å². The van der Waals surface area contributed by atoms with E-state index >= 15 is 0 Å². The molecule has 5 heteroatoms. The molecule has 0 fully saturated rings. The third-order valence-electron chi connectivity index (χ3n) is 5.11. The van der Waals surface area contributed by atoms with Crippen molar-refractivity contribution in [2.24, 2.45) is 0 Å². The third-order valence-corrected chi connectivity index (χ3v) is 5.11. The summed E-state index contributed by atoms with van der Waals surface area (Å²) in [6, 6.07) is 10.2. The lowest BCUT2D eigenvalue weighted by molar-refractivity contribution is 0.239. The first kappa shape index (κ1) is 16.7. The number of aromatic nitrogens is 3. The molecule has 1 aliphatic heterocycles. The van der Waals surface area contributed by atoms with Gasteiger partial charge in [-0.3, -0.25) is 14.7 Å². The second-order valence-electron chi connectivity index (χ2n) is 6.91. The van der Waals surface area contributed by atoms with Crippen LogP contribution in [0.2, 0.25) is 0 Å². The topological polar surface area (TPSA) is 61.9 Å². The van der Waals surface area contributed by atoms with E-state index in [4.69, 9.17) is 4.98 Å². The van der Waals surface area contributed by atoms with Crippen LogP contribution < -0.4 is 5.56 Å². The Hall–Kier alpha value is -2.79. The summed E-state index contributed by atoms with van der Waals surface area (Å²) < 4.78 is 0. The van der Waals surface area contributed by atoms with Crippen molar-refractivity contribution in [3.63, 3.8) is 0 Å². The van der Waals surface area contributed by atoms with E-state index in [-0.39, 0.29) is 5.56 Å². The van der Waals surface area contributed by atoms with Crippen LogP contribution in [0.1, 0.15) is 27.9 Å². The van der Waals surface area contributed by atoms with Crippen molar-refractivity contribution in [2.75, 3.05) is 6.54 Å². The van der Waals surface area contributed by atoms with Crippen molar-refractivity contribution in [3.05, 3.63) is 81.0 Å². The first-order valence-electron chi connectivity index (χ1n) is 8.92. The zero-order valence-corrected chi connectivity index (χ0v) is 15.1. The molecule has 26 heavy (non-hydrogen) atoms. The van der Waals surface area contributed by atoms with Gasteiger partial charge in [-0.2, -0.15) is 0 Å². The predicted molar refractivity (Wildman–Crippen MR) is 102 cm³/mol. The van der Waals surface area contributed by atoms with Crippen LogP contribution in [-0.4, -0.2) is 26.4 Å². The summed E-state index contributed by atoms with van der Waals surface area (Å²) in [7, 11) is 0. The summed E-state index contributed by atoms with van der Waals surface area (Å²) in [6.07, 6.45) is 4.17. The molecule has 0 aliphatic carbocycles. The number of aryl methyl sites for hydroxylation is 2. The Kier molecular flexibility index (Phi) is 4.39. The van der Waals surface area contributed by atoms with Gasteiger partial charge in [0, 0.05) is 43.2 Å². The summed E-state index contributed by atoms with van der Waals surface area (Å²) in [6.45, 7) is 6.76. The molecule has 5 nitrogen and oxygen atoms in total. The van der Waals surface area contributed by atoms with Gasteiger partial charge in [0.15, 0.2) is 0 Å². The van der Waals surface area contributed by atoms with Crippen LogP contribution >= 0.6 is 0 Å². The standard InChI is InChI=1S/C21H22N4O/c1-14-5-3-6-15(2)18(14)12-25-10-8-17-19(13-25)23-20(24-21(17)26)16-7-4-9-22-11-16/h3-7,9,11H,8,10,12-13H2,1-2H3,(H,23,24,26). The summed E-state index contributed by atoms with van der Waals surface area (Å²) >= 11 is 0. The van der Waals surface area contributed by atoms with Gasteiger partial charge in [-0.15, -0.1) is 0 Å². The Morgan fingerprint density at radius 3 is 2.69 bits per heavy atom. The molecule has 132 valence electrons. The minimum atomic E-state index is -0.0272. The highest BCUT2D eigenvalue weighted by Gasteiger charge is 2.22. The number of nitrogens with one attached hydrogen (secondary N) is 1. The number of H-pyrrole nitrogens is 1. The minimum Gasteiger partial charge on any atom is -0.306 e. The summed E-state index contributed by atoms with van der Waals surface area (Å²) in [5, 5.41) is 0. The highest BCUT2D eigenvalue weighted by molar-refractivity contribution is 5.53. The molecule has 4 rings (SSSR count). The first-order valence-corrected chi connectivity index (χ1v) is 8.92. The van der Waals surface area contributed by atoms with Gasteiger partial charge in [-0.05, 0) is 49.1 Å². The maximum atomic E-state index is 12.5. The second kappa shape index (κ2) is 6.84. The van der Waals surface area contributed by atoms with Gasteiger partial charge >= 0.3 is 0 Å². The number of fused-ring (bicyclic) bond motifs is 1. The zero-order chi connectivity index (χ0) is 18.1. The van der Waals surface area contributed by atoms with Crippen molar-refractivity contribution >= 4 is 0 Å². The monoisotopic (exact) mass is 346 g/mol. The molecule has 1 N–H and O–H groups in total. The molecule has 2 aromatic heterocycles. The van der Waals surface area contributed by atoms with Gasteiger partial charge in [0.1, 0.15) is 5.82 Å². The lowest BCUT2D eigenvalue weighted by Crippen LogP contribution is -2.35. The second-order valence-corrected chi connectivity index (χ2v) is 6.91. The molecular formula is C21H22N4O. The van der Waals surface area contributed by atoms with Crippen LogP contribution in [-0.2, 0) is 19.5 Å². The normalized spacial score (nSPS) is 14.2. The van der Waals surface area contributed by atoms with Gasteiger partial charge in [0.2, 0.25) is 0 Å². The molecule has 3 aromatic rings. The number of rotatable bonds is 3. The molecule has 0 saturated carbocycles. The smallest absolute Gasteiger partial charge is 0.254 e. The first-order chi connectivity index (χ1) is 12.6. The summed E-state index contributed by atoms with van der Waals surface area (Å²) in [5.74, 6) is 0.593. The van der Waals surface area contributed by atoms with Gasteiger partial charge in [-0.25, -0.2) is 4.98 Å². The predicted octanol–water partition coefficient (Wildman–Crippen LogP) is 3.01. The van der Waals surface area contributed by atoms with E-state index in [2.05, 4.69) is 46.9 Å². The molecule has 0 atom stereocenters. The number of hydrogen-bond donors (Lipinski definition) is 1. The third kappa shape index (κ3) is 3.18. The van der Waals surface area contributed by atoms with E-state index in [1.807, 2.05) is 12.1 Å². The Labute approximate surface area is 152 Å². The van der Waals surface area contributed by atoms with E-state index in [0.717, 1.165) is 36.3 Å². The molecule has 3 heterocycles. The number of aromatic amines is 1. The highest BCUT2D eigenvalue weighted by Crippen LogP contribution is 2.22. The molecule has 0 unspecified atom stereocenters. The van der Waals surface area contributed by atoms with Crippen molar-refractivity contribution in [1.82, 2.24) is 19.9 Å². The molecule has 0 amide bonds. The lowest BCUT2D eigenvalue weighted by atomic mass is 10.0. The number of pyridine rings is 1. The van der Waals surface area contributed by atoms with Crippen molar-refractivity contribution in [1.29, 1.82) is 0 Å². The fourth-order valence-electron chi connectivity index (χ4n) is 3.59. The Balaban J connectivity index is 1.64. The van der Waals surface area contributed by atoms with Crippen LogP contribution in [0, 0.1) is 13.8 Å². The molecule has 0 saturated heterocycles. The van der Waals surface area contributed by atoms with Crippen molar-refractivity contribution in [3.8, 4) is 11.4 Å². The fraction of sp³-hybridized carbons (Fsp3) is 0.286. The average Bonchev–Trinajstić information content (AvgIpc) is 2.65. The van der Waals surface area contributed by atoms with Gasteiger partial charge in [0.05, 0.1) is 5.69 Å². The molecular weight excluding hydrogens is 324 g/mol. The highest BCUT2D eigenvalue weighted by atomic mass is 16.1. The maximum absolute atomic E-state index is 12.5.